The van der Waals surface area contributed by atoms with Crippen molar-refractivity contribution in [2.75, 3.05) is 5.75 Å². The lowest BCUT2D eigenvalue weighted by Gasteiger charge is -2.01. The van der Waals surface area contributed by atoms with Crippen LogP contribution in [0.2, 0.25) is 0 Å². The summed E-state index contributed by atoms with van der Waals surface area (Å²) in [6.07, 6.45) is 3.83. The van der Waals surface area contributed by atoms with Crippen LogP contribution < -0.4 is 0 Å². The Morgan fingerprint density at radius 2 is 2.00 bits per heavy atom. The van der Waals surface area contributed by atoms with Crippen molar-refractivity contribution in [1.82, 2.24) is 9.78 Å². The molecule has 1 atom stereocenters. The summed E-state index contributed by atoms with van der Waals surface area (Å²) in [5.41, 5.74) is 1.60. The summed E-state index contributed by atoms with van der Waals surface area (Å²) >= 11 is 0. The summed E-state index contributed by atoms with van der Waals surface area (Å²) in [5, 5.41) is 4.36. The molecule has 0 fully saturated rings. The average Bonchev–Trinajstić information content (AvgIpc) is 2.85. The van der Waals surface area contributed by atoms with Gasteiger partial charge in [0.15, 0.2) is 0 Å². The second kappa shape index (κ2) is 6.61. The maximum atomic E-state index is 12.8. The lowest BCUT2D eigenvalue weighted by atomic mass is 10.3. The molecule has 0 amide bonds. The maximum Gasteiger partial charge on any atom is 0.123 e. The Kier molecular flexibility index (Phi) is 4.85. The molecule has 0 radical (unpaired) electrons. The third-order valence-electron chi connectivity index (χ3n) is 2.77. The highest BCUT2D eigenvalue weighted by molar-refractivity contribution is 7.84. The van der Waals surface area contributed by atoms with Crippen molar-refractivity contribution in [3.05, 3.63) is 48.0 Å². The zero-order valence-corrected chi connectivity index (χ0v) is 11.7. The highest BCUT2D eigenvalue weighted by Crippen LogP contribution is 2.10. The fourth-order valence-corrected chi connectivity index (χ4v) is 2.96. The molecule has 0 saturated carbocycles. The minimum absolute atomic E-state index is 0.267. The van der Waals surface area contributed by atoms with E-state index in [-0.39, 0.29) is 5.82 Å². The van der Waals surface area contributed by atoms with Gasteiger partial charge in [0.25, 0.3) is 0 Å². The van der Waals surface area contributed by atoms with E-state index in [1.165, 1.54) is 12.1 Å². The van der Waals surface area contributed by atoms with Gasteiger partial charge in [-0.2, -0.15) is 5.10 Å². The minimum Gasteiger partial charge on any atom is -0.259 e. The molecule has 0 aliphatic rings. The third-order valence-corrected chi connectivity index (χ3v) is 4.13. The van der Waals surface area contributed by atoms with Crippen LogP contribution in [0.3, 0.4) is 0 Å². The van der Waals surface area contributed by atoms with Gasteiger partial charge in [0.1, 0.15) is 5.82 Å². The fraction of sp³-hybridized carbons (Fsp3) is 0.357. The number of benzene rings is 1. The fourth-order valence-electron chi connectivity index (χ4n) is 1.72. The molecular formula is C14H17FN2OS. The van der Waals surface area contributed by atoms with Crippen molar-refractivity contribution in [3.8, 4) is 5.69 Å². The molecule has 102 valence electrons. The minimum atomic E-state index is -0.853. The topological polar surface area (TPSA) is 34.9 Å². The van der Waals surface area contributed by atoms with E-state index in [1.807, 2.05) is 6.07 Å². The molecule has 0 bridgehead atoms. The number of halogens is 1. The zero-order chi connectivity index (χ0) is 13.7. The van der Waals surface area contributed by atoms with Crippen LogP contribution in [0.1, 0.15) is 25.5 Å². The molecule has 2 rings (SSSR count). The lowest BCUT2D eigenvalue weighted by Crippen LogP contribution is -2.02. The molecule has 1 heterocycles. The Morgan fingerprint density at radius 3 is 2.68 bits per heavy atom. The molecule has 1 aromatic heterocycles. The number of hydrogen-bond donors (Lipinski definition) is 0. The van der Waals surface area contributed by atoms with Gasteiger partial charge >= 0.3 is 0 Å². The molecular weight excluding hydrogens is 263 g/mol. The maximum absolute atomic E-state index is 12.8. The molecule has 0 aliphatic carbocycles. The first kappa shape index (κ1) is 13.9. The Bertz CT molecular complexity index is 551. The van der Waals surface area contributed by atoms with Gasteiger partial charge in [-0.3, -0.25) is 4.21 Å². The van der Waals surface area contributed by atoms with Crippen LogP contribution >= 0.6 is 0 Å². The van der Waals surface area contributed by atoms with Gasteiger partial charge in [0.2, 0.25) is 0 Å². The SMILES string of the molecule is CCCC[S@@](=O)Cc1ccn(-c2ccc(F)cc2)n1. The van der Waals surface area contributed by atoms with Crippen molar-refractivity contribution in [1.29, 1.82) is 0 Å². The van der Waals surface area contributed by atoms with Crippen LogP contribution in [0.5, 0.6) is 0 Å². The Balaban J connectivity index is 2.02. The van der Waals surface area contributed by atoms with E-state index in [0.29, 0.717) is 5.75 Å². The normalized spacial score (nSPS) is 12.5. The van der Waals surface area contributed by atoms with Crippen LogP contribution in [0, 0.1) is 5.82 Å². The second-order valence-corrected chi connectivity index (χ2v) is 5.95. The standard InChI is InChI=1S/C14H17FN2OS/c1-2-3-10-19(18)11-13-8-9-17(16-13)14-6-4-12(15)5-7-14/h4-9H,2-3,10-11H2,1H3/t19-/m1/s1. The first-order valence-electron chi connectivity index (χ1n) is 6.34. The predicted octanol–water partition coefficient (Wildman–Crippen LogP) is 3.06. The Hall–Kier alpha value is -1.49. The largest absolute Gasteiger partial charge is 0.259 e. The summed E-state index contributed by atoms with van der Waals surface area (Å²) in [4.78, 5) is 0. The molecule has 0 spiro atoms. The summed E-state index contributed by atoms with van der Waals surface area (Å²) in [7, 11) is -0.853. The van der Waals surface area contributed by atoms with E-state index in [2.05, 4.69) is 12.0 Å². The van der Waals surface area contributed by atoms with E-state index in [4.69, 9.17) is 0 Å². The van der Waals surface area contributed by atoms with Crippen LogP contribution in [-0.2, 0) is 16.6 Å². The highest BCUT2D eigenvalue weighted by Gasteiger charge is 2.06. The lowest BCUT2D eigenvalue weighted by molar-refractivity contribution is 0.627. The molecule has 1 aromatic carbocycles. The molecule has 0 aliphatic heterocycles. The molecule has 19 heavy (non-hydrogen) atoms. The van der Waals surface area contributed by atoms with Crippen LogP contribution in [0.25, 0.3) is 5.69 Å². The third kappa shape index (κ3) is 3.99. The van der Waals surface area contributed by atoms with Crippen molar-refractivity contribution in [2.45, 2.75) is 25.5 Å². The number of hydrogen-bond acceptors (Lipinski definition) is 2. The first-order valence-corrected chi connectivity index (χ1v) is 7.83. The quantitative estimate of drug-likeness (QED) is 0.815. The van der Waals surface area contributed by atoms with E-state index in [0.717, 1.165) is 30.0 Å². The van der Waals surface area contributed by atoms with Crippen molar-refractivity contribution in [3.63, 3.8) is 0 Å². The first-order chi connectivity index (χ1) is 9.19. The molecule has 2 aromatic rings. The monoisotopic (exact) mass is 280 g/mol. The summed E-state index contributed by atoms with van der Waals surface area (Å²) in [5.74, 6) is 0.936. The predicted molar refractivity (Wildman–Crippen MR) is 75.1 cm³/mol. The van der Waals surface area contributed by atoms with E-state index in [1.54, 1.807) is 23.0 Å². The van der Waals surface area contributed by atoms with Gasteiger partial charge in [-0.25, -0.2) is 9.07 Å². The average molecular weight is 280 g/mol. The van der Waals surface area contributed by atoms with Gasteiger partial charge in [-0.1, -0.05) is 13.3 Å². The second-order valence-electron chi connectivity index (χ2n) is 4.37. The molecule has 0 saturated heterocycles. The number of nitrogens with zero attached hydrogens (tertiary/aromatic N) is 2. The van der Waals surface area contributed by atoms with E-state index < -0.39 is 10.8 Å². The zero-order valence-electron chi connectivity index (χ0n) is 10.9. The van der Waals surface area contributed by atoms with Gasteiger partial charge in [-0.05, 0) is 36.8 Å². The van der Waals surface area contributed by atoms with Gasteiger partial charge in [0, 0.05) is 22.7 Å². The molecule has 5 heteroatoms. The Labute approximate surface area is 114 Å². The molecule has 0 unspecified atom stereocenters. The number of aromatic nitrogens is 2. The van der Waals surface area contributed by atoms with E-state index in [9.17, 15) is 8.60 Å². The van der Waals surface area contributed by atoms with Gasteiger partial charge in [0.05, 0.1) is 17.1 Å². The van der Waals surface area contributed by atoms with Gasteiger partial charge in [-0.15, -0.1) is 0 Å². The Morgan fingerprint density at radius 1 is 1.26 bits per heavy atom. The van der Waals surface area contributed by atoms with Crippen molar-refractivity contribution < 1.29 is 8.60 Å². The van der Waals surface area contributed by atoms with Crippen molar-refractivity contribution >= 4 is 10.8 Å². The smallest absolute Gasteiger partial charge is 0.123 e. The summed E-state index contributed by atoms with van der Waals surface area (Å²) in [6.45, 7) is 2.08. The summed E-state index contributed by atoms with van der Waals surface area (Å²) in [6, 6.07) is 7.99. The van der Waals surface area contributed by atoms with Gasteiger partial charge < -0.3 is 0 Å². The molecule has 0 N–H and O–H groups in total. The van der Waals surface area contributed by atoms with Crippen molar-refractivity contribution in [2.24, 2.45) is 0 Å². The van der Waals surface area contributed by atoms with Crippen LogP contribution in [0.15, 0.2) is 36.5 Å². The highest BCUT2D eigenvalue weighted by atomic mass is 32.2. The van der Waals surface area contributed by atoms with Crippen LogP contribution in [0.4, 0.5) is 4.39 Å². The number of rotatable bonds is 6. The number of unbranched alkanes of at least 4 members (excludes halogenated alkanes) is 1. The molecule has 3 nitrogen and oxygen atoms in total. The summed E-state index contributed by atoms with van der Waals surface area (Å²) < 4.78 is 26.3. The van der Waals surface area contributed by atoms with Crippen LogP contribution in [-0.4, -0.2) is 19.7 Å². The van der Waals surface area contributed by atoms with E-state index >= 15 is 0 Å².